The summed E-state index contributed by atoms with van der Waals surface area (Å²) >= 11 is 5.95. The molecule has 8 heteroatoms. The van der Waals surface area contributed by atoms with Crippen molar-refractivity contribution in [2.24, 2.45) is 5.92 Å². The number of para-hydroxylation sites is 1. The van der Waals surface area contributed by atoms with Crippen LogP contribution in [0.3, 0.4) is 0 Å². The minimum absolute atomic E-state index is 0.0335. The molecule has 2 amide bonds. The molecule has 0 bridgehead atoms. The van der Waals surface area contributed by atoms with Crippen molar-refractivity contribution >= 4 is 40.1 Å². The third-order valence-corrected chi connectivity index (χ3v) is 6.72. The highest BCUT2D eigenvalue weighted by atomic mass is 35.5. The van der Waals surface area contributed by atoms with Crippen molar-refractivity contribution < 1.29 is 14.7 Å². The predicted octanol–water partition coefficient (Wildman–Crippen LogP) is 3.08. The van der Waals surface area contributed by atoms with Gasteiger partial charge in [-0.05, 0) is 42.7 Å². The van der Waals surface area contributed by atoms with Gasteiger partial charge in [0.2, 0.25) is 11.8 Å². The molecule has 0 unspecified atom stereocenters. The van der Waals surface area contributed by atoms with Gasteiger partial charge >= 0.3 is 0 Å². The van der Waals surface area contributed by atoms with Crippen molar-refractivity contribution in [1.29, 1.82) is 0 Å². The van der Waals surface area contributed by atoms with Crippen molar-refractivity contribution in [2.45, 2.75) is 24.9 Å². The van der Waals surface area contributed by atoms with Gasteiger partial charge in [-0.25, -0.2) is 0 Å². The number of H-pyrrole nitrogens is 1. The Kier molecular flexibility index (Phi) is 4.95. The molecule has 0 saturated carbocycles. The van der Waals surface area contributed by atoms with Gasteiger partial charge in [0, 0.05) is 36.5 Å². The number of carbonyl (C=O) groups is 2. The number of benzene rings is 2. The van der Waals surface area contributed by atoms with E-state index >= 15 is 0 Å². The summed E-state index contributed by atoms with van der Waals surface area (Å²) in [4.78, 5) is 29.2. The number of piperidine rings is 1. The molecule has 1 atom stereocenters. The minimum Gasteiger partial charge on any atom is -0.385 e. The first-order valence-corrected chi connectivity index (χ1v) is 10.8. The molecule has 5 rings (SSSR count). The third-order valence-electron chi connectivity index (χ3n) is 6.46. The molecule has 2 aliphatic rings. The fourth-order valence-corrected chi connectivity index (χ4v) is 4.76. The highest BCUT2D eigenvalue weighted by molar-refractivity contribution is 6.30. The second kappa shape index (κ2) is 7.66. The van der Waals surface area contributed by atoms with Crippen LogP contribution in [0.2, 0.25) is 5.02 Å². The molecule has 2 aromatic carbocycles. The monoisotopic (exact) mass is 438 g/mol. The second-order valence-electron chi connectivity index (χ2n) is 8.36. The number of nitrogens with one attached hydrogen (secondary N) is 1. The number of hydrogen-bond acceptors (Lipinski definition) is 4. The molecule has 7 nitrogen and oxygen atoms in total. The number of amides is 2. The summed E-state index contributed by atoms with van der Waals surface area (Å²) in [5.41, 5.74) is 0.710. The van der Waals surface area contributed by atoms with Crippen LogP contribution < -0.4 is 4.90 Å². The highest BCUT2D eigenvalue weighted by Crippen LogP contribution is 2.35. The van der Waals surface area contributed by atoms with E-state index < -0.39 is 11.5 Å². The van der Waals surface area contributed by atoms with Crippen LogP contribution in [0.1, 0.15) is 24.8 Å². The molecular weight excluding hydrogens is 416 g/mol. The Morgan fingerprint density at radius 1 is 1.13 bits per heavy atom. The van der Waals surface area contributed by atoms with Crippen LogP contribution >= 0.6 is 11.6 Å². The zero-order chi connectivity index (χ0) is 21.6. The second-order valence-corrected chi connectivity index (χ2v) is 8.80. The summed E-state index contributed by atoms with van der Waals surface area (Å²) in [6.45, 7) is 1.23. The molecule has 1 aromatic heterocycles. The molecule has 160 valence electrons. The standard InChI is InChI=1S/C23H23ClN4O3/c24-17-7-5-16(6-8-17)23(31)9-11-27(12-10-23)22(30)15-13-20(29)28(14-15)21-18-3-1-2-4-19(18)25-26-21/h1-8,15,31H,9-14H2,(H,25,26)/t15-/m1/s1. The first-order valence-electron chi connectivity index (χ1n) is 10.5. The number of aromatic nitrogens is 2. The van der Waals surface area contributed by atoms with Crippen LogP contribution in [0, 0.1) is 5.92 Å². The van der Waals surface area contributed by atoms with Gasteiger partial charge in [-0.15, -0.1) is 0 Å². The van der Waals surface area contributed by atoms with Gasteiger partial charge in [0.05, 0.1) is 17.0 Å². The Labute approximate surface area is 184 Å². The maximum absolute atomic E-state index is 13.1. The number of fused-ring (bicyclic) bond motifs is 1. The maximum Gasteiger partial charge on any atom is 0.229 e. The van der Waals surface area contributed by atoms with E-state index in [1.807, 2.05) is 36.4 Å². The average Bonchev–Trinajstić information content (AvgIpc) is 3.37. The van der Waals surface area contributed by atoms with Crippen LogP contribution in [0.4, 0.5) is 5.82 Å². The zero-order valence-electron chi connectivity index (χ0n) is 16.9. The van der Waals surface area contributed by atoms with E-state index in [0.717, 1.165) is 16.5 Å². The van der Waals surface area contributed by atoms with Crippen molar-refractivity contribution in [1.82, 2.24) is 15.1 Å². The van der Waals surface area contributed by atoms with Crippen molar-refractivity contribution in [3.8, 4) is 0 Å². The summed E-state index contributed by atoms with van der Waals surface area (Å²) in [5.74, 6) is 0.0514. The number of hydrogen-bond donors (Lipinski definition) is 2. The highest BCUT2D eigenvalue weighted by Gasteiger charge is 2.41. The van der Waals surface area contributed by atoms with E-state index in [4.69, 9.17) is 11.6 Å². The number of aromatic amines is 1. The lowest BCUT2D eigenvalue weighted by Crippen LogP contribution is -2.47. The Hall–Kier alpha value is -2.90. The maximum atomic E-state index is 13.1. The van der Waals surface area contributed by atoms with Crippen molar-refractivity contribution in [3.05, 3.63) is 59.1 Å². The number of halogens is 1. The Balaban J connectivity index is 1.26. The van der Waals surface area contributed by atoms with Gasteiger partial charge in [-0.1, -0.05) is 35.9 Å². The Morgan fingerprint density at radius 3 is 2.58 bits per heavy atom. The van der Waals surface area contributed by atoms with Gasteiger partial charge in [0.15, 0.2) is 5.82 Å². The summed E-state index contributed by atoms with van der Waals surface area (Å²) in [5, 5.41) is 19.8. The van der Waals surface area contributed by atoms with Gasteiger partial charge in [-0.2, -0.15) is 5.10 Å². The summed E-state index contributed by atoms with van der Waals surface area (Å²) in [6, 6.07) is 14.8. The topological polar surface area (TPSA) is 89.5 Å². The lowest BCUT2D eigenvalue weighted by molar-refractivity contribution is -0.140. The normalized spacial score (nSPS) is 21.1. The van der Waals surface area contributed by atoms with Gasteiger partial charge in [0.1, 0.15) is 0 Å². The van der Waals surface area contributed by atoms with Crippen LogP contribution in [-0.2, 0) is 15.2 Å². The number of rotatable bonds is 3. The fourth-order valence-electron chi connectivity index (χ4n) is 4.64. The molecule has 2 saturated heterocycles. The average molecular weight is 439 g/mol. The number of anilines is 1. The van der Waals surface area contributed by atoms with Gasteiger partial charge in [-0.3, -0.25) is 19.6 Å². The smallest absolute Gasteiger partial charge is 0.229 e. The van der Waals surface area contributed by atoms with Gasteiger partial charge < -0.3 is 10.0 Å². The van der Waals surface area contributed by atoms with Gasteiger partial charge in [0.25, 0.3) is 0 Å². The first-order chi connectivity index (χ1) is 14.9. The van der Waals surface area contributed by atoms with Crippen LogP contribution in [-0.4, -0.2) is 51.7 Å². The lowest BCUT2D eigenvalue weighted by Gasteiger charge is -2.39. The quantitative estimate of drug-likeness (QED) is 0.657. The molecule has 0 aliphatic carbocycles. The molecule has 3 heterocycles. The molecule has 31 heavy (non-hydrogen) atoms. The van der Waals surface area contributed by atoms with E-state index in [1.165, 1.54) is 0 Å². The molecule has 3 aromatic rings. The number of likely N-dealkylation sites (tertiary alicyclic amines) is 1. The molecular formula is C23H23ClN4O3. The molecule has 2 aliphatic heterocycles. The molecule has 0 spiro atoms. The van der Waals surface area contributed by atoms with Crippen LogP contribution in [0.5, 0.6) is 0 Å². The molecule has 2 N–H and O–H groups in total. The van der Waals surface area contributed by atoms with E-state index in [9.17, 15) is 14.7 Å². The van der Waals surface area contributed by atoms with E-state index in [-0.39, 0.29) is 18.2 Å². The van der Waals surface area contributed by atoms with E-state index in [0.29, 0.717) is 43.3 Å². The van der Waals surface area contributed by atoms with Crippen molar-refractivity contribution in [2.75, 3.05) is 24.5 Å². The number of nitrogens with zero attached hydrogens (tertiary/aromatic N) is 3. The number of aliphatic hydroxyl groups is 1. The molecule has 2 fully saturated rings. The SMILES string of the molecule is O=C([C@@H]1CC(=O)N(c2n[nH]c3ccccc23)C1)N1CCC(O)(c2ccc(Cl)cc2)CC1. The fraction of sp³-hybridized carbons (Fsp3) is 0.348. The predicted molar refractivity (Wildman–Crippen MR) is 118 cm³/mol. The Bertz CT molecular complexity index is 1140. The third kappa shape index (κ3) is 3.58. The van der Waals surface area contributed by atoms with Crippen LogP contribution in [0.25, 0.3) is 10.9 Å². The van der Waals surface area contributed by atoms with Crippen LogP contribution in [0.15, 0.2) is 48.5 Å². The first kappa shape index (κ1) is 20.0. The zero-order valence-corrected chi connectivity index (χ0v) is 17.7. The minimum atomic E-state index is -0.965. The van der Waals surface area contributed by atoms with Crippen molar-refractivity contribution in [3.63, 3.8) is 0 Å². The summed E-state index contributed by atoms with van der Waals surface area (Å²) < 4.78 is 0. The molecule has 0 radical (unpaired) electrons. The van der Waals surface area contributed by atoms with E-state index in [2.05, 4.69) is 10.2 Å². The Morgan fingerprint density at radius 2 is 1.84 bits per heavy atom. The largest absolute Gasteiger partial charge is 0.385 e. The number of carbonyl (C=O) groups excluding carboxylic acids is 2. The lowest BCUT2D eigenvalue weighted by atomic mass is 9.84. The summed E-state index contributed by atoms with van der Waals surface area (Å²) in [7, 11) is 0. The van der Waals surface area contributed by atoms with E-state index in [1.54, 1.807) is 21.9 Å². The summed E-state index contributed by atoms with van der Waals surface area (Å²) in [6.07, 6.45) is 1.08.